The standard InChI is InChI=1S/C19H23N3O5S/c1-13-10-19(21-14(2)20-13)27-15-4-3-7-22(12-15)28(23,24)16-5-6-17-18(11-16)26-9-8-25-17/h5-6,10-11,15H,3-4,7-9,12H2,1-2H3. The van der Waals surface area contributed by atoms with E-state index in [0.29, 0.717) is 43.0 Å². The largest absolute Gasteiger partial charge is 0.486 e. The van der Waals surface area contributed by atoms with E-state index in [4.69, 9.17) is 14.2 Å². The molecular weight excluding hydrogens is 382 g/mol. The van der Waals surface area contributed by atoms with Crippen molar-refractivity contribution in [3.05, 3.63) is 35.8 Å². The highest BCUT2D eigenvalue weighted by Gasteiger charge is 2.32. The minimum absolute atomic E-state index is 0.200. The van der Waals surface area contributed by atoms with Gasteiger partial charge >= 0.3 is 0 Å². The predicted molar refractivity (Wildman–Crippen MR) is 101 cm³/mol. The molecule has 8 nitrogen and oxygen atoms in total. The van der Waals surface area contributed by atoms with Gasteiger partial charge in [-0.05, 0) is 38.8 Å². The Morgan fingerprint density at radius 3 is 2.68 bits per heavy atom. The van der Waals surface area contributed by atoms with Gasteiger partial charge in [0.15, 0.2) is 11.5 Å². The maximum absolute atomic E-state index is 13.1. The second-order valence-corrected chi connectivity index (χ2v) is 8.88. The van der Waals surface area contributed by atoms with Crippen molar-refractivity contribution in [3.63, 3.8) is 0 Å². The molecule has 1 unspecified atom stereocenters. The fraction of sp³-hybridized carbons (Fsp3) is 0.474. The van der Waals surface area contributed by atoms with Crippen molar-refractivity contribution in [1.82, 2.24) is 14.3 Å². The lowest BCUT2D eigenvalue weighted by Crippen LogP contribution is -2.44. The molecule has 150 valence electrons. The number of ether oxygens (including phenoxy) is 3. The molecule has 1 aromatic heterocycles. The minimum atomic E-state index is -3.65. The van der Waals surface area contributed by atoms with Crippen molar-refractivity contribution in [2.75, 3.05) is 26.3 Å². The predicted octanol–water partition coefficient (Wildman–Crippen LogP) is 2.10. The Morgan fingerprint density at radius 2 is 1.89 bits per heavy atom. The van der Waals surface area contributed by atoms with E-state index >= 15 is 0 Å². The third-order valence-corrected chi connectivity index (χ3v) is 6.58. The number of hydrogen-bond acceptors (Lipinski definition) is 7. The molecule has 1 saturated heterocycles. The molecule has 0 saturated carbocycles. The van der Waals surface area contributed by atoms with Crippen molar-refractivity contribution in [1.29, 1.82) is 0 Å². The fourth-order valence-electron chi connectivity index (χ4n) is 3.47. The van der Waals surface area contributed by atoms with Crippen LogP contribution < -0.4 is 14.2 Å². The summed E-state index contributed by atoms with van der Waals surface area (Å²) < 4.78 is 44.7. The number of aryl methyl sites for hydroxylation is 2. The number of piperidine rings is 1. The molecule has 0 amide bonds. The van der Waals surface area contributed by atoms with E-state index in [9.17, 15) is 8.42 Å². The van der Waals surface area contributed by atoms with Crippen LogP contribution in [0.3, 0.4) is 0 Å². The van der Waals surface area contributed by atoms with Crippen molar-refractivity contribution in [2.24, 2.45) is 0 Å². The van der Waals surface area contributed by atoms with Crippen molar-refractivity contribution in [2.45, 2.75) is 37.7 Å². The summed E-state index contributed by atoms with van der Waals surface area (Å²) in [5, 5.41) is 0. The van der Waals surface area contributed by atoms with Gasteiger partial charge in [-0.2, -0.15) is 9.29 Å². The molecule has 1 atom stereocenters. The summed E-state index contributed by atoms with van der Waals surface area (Å²) in [5.41, 5.74) is 0.819. The van der Waals surface area contributed by atoms with Crippen LogP contribution in [0, 0.1) is 13.8 Å². The number of sulfonamides is 1. The minimum Gasteiger partial charge on any atom is -0.486 e. The molecule has 0 bridgehead atoms. The molecule has 0 aliphatic carbocycles. The van der Waals surface area contributed by atoms with E-state index < -0.39 is 10.0 Å². The van der Waals surface area contributed by atoms with Gasteiger partial charge in [0.25, 0.3) is 0 Å². The van der Waals surface area contributed by atoms with Gasteiger partial charge in [0.2, 0.25) is 15.9 Å². The first-order valence-corrected chi connectivity index (χ1v) is 10.7. The highest BCUT2D eigenvalue weighted by atomic mass is 32.2. The third-order valence-electron chi connectivity index (χ3n) is 4.72. The van der Waals surface area contributed by atoms with E-state index in [0.717, 1.165) is 18.5 Å². The fourth-order valence-corrected chi connectivity index (χ4v) is 4.99. The lowest BCUT2D eigenvalue weighted by molar-refractivity contribution is 0.124. The second-order valence-electron chi connectivity index (χ2n) is 6.95. The van der Waals surface area contributed by atoms with Crippen LogP contribution in [-0.2, 0) is 10.0 Å². The molecule has 2 aliphatic heterocycles. The maximum atomic E-state index is 13.1. The Balaban J connectivity index is 1.51. The number of rotatable bonds is 4. The number of benzene rings is 1. The summed E-state index contributed by atoms with van der Waals surface area (Å²) in [4.78, 5) is 8.73. The first kappa shape index (κ1) is 18.9. The van der Waals surface area contributed by atoms with Crippen LogP contribution in [0.25, 0.3) is 0 Å². The summed E-state index contributed by atoms with van der Waals surface area (Å²) in [6.07, 6.45) is 1.24. The first-order chi connectivity index (χ1) is 13.4. The zero-order valence-electron chi connectivity index (χ0n) is 15.9. The van der Waals surface area contributed by atoms with Gasteiger partial charge in [0, 0.05) is 24.4 Å². The summed E-state index contributed by atoms with van der Waals surface area (Å²) in [6.45, 7) is 5.29. The molecule has 0 radical (unpaired) electrons. The van der Waals surface area contributed by atoms with E-state index in [2.05, 4.69) is 9.97 Å². The molecular formula is C19H23N3O5S. The van der Waals surface area contributed by atoms with Gasteiger partial charge in [-0.1, -0.05) is 0 Å². The van der Waals surface area contributed by atoms with Crippen LogP contribution in [0.15, 0.2) is 29.2 Å². The van der Waals surface area contributed by atoms with Crippen LogP contribution in [0.2, 0.25) is 0 Å². The molecule has 2 aromatic rings. The zero-order valence-corrected chi connectivity index (χ0v) is 16.7. The molecule has 3 heterocycles. The smallest absolute Gasteiger partial charge is 0.243 e. The molecule has 9 heteroatoms. The molecule has 4 rings (SSSR count). The lowest BCUT2D eigenvalue weighted by atomic mass is 10.1. The monoisotopic (exact) mass is 405 g/mol. The normalized spacial score (nSPS) is 20.0. The van der Waals surface area contributed by atoms with Gasteiger partial charge in [-0.3, -0.25) is 0 Å². The van der Waals surface area contributed by atoms with Gasteiger partial charge in [-0.25, -0.2) is 13.4 Å². The van der Waals surface area contributed by atoms with Crippen LogP contribution in [0.1, 0.15) is 24.4 Å². The topological polar surface area (TPSA) is 90.9 Å². The Bertz CT molecular complexity index is 959. The SMILES string of the molecule is Cc1cc(OC2CCCN(S(=O)(=O)c3ccc4c(c3)OCCO4)C2)nc(C)n1. The highest BCUT2D eigenvalue weighted by Crippen LogP contribution is 2.33. The third kappa shape index (κ3) is 3.90. The van der Waals surface area contributed by atoms with Gasteiger partial charge in [-0.15, -0.1) is 0 Å². The average Bonchev–Trinajstić information content (AvgIpc) is 2.67. The van der Waals surface area contributed by atoms with Gasteiger partial charge in [0.05, 0.1) is 11.4 Å². The van der Waals surface area contributed by atoms with Crippen LogP contribution >= 0.6 is 0 Å². The van der Waals surface area contributed by atoms with Crippen LogP contribution in [0.4, 0.5) is 0 Å². The zero-order chi connectivity index (χ0) is 19.7. The number of fused-ring (bicyclic) bond motifs is 1. The van der Waals surface area contributed by atoms with Crippen LogP contribution in [0.5, 0.6) is 17.4 Å². The van der Waals surface area contributed by atoms with Crippen molar-refractivity contribution < 1.29 is 22.6 Å². The molecule has 2 aliphatic rings. The number of hydrogen-bond donors (Lipinski definition) is 0. The summed E-state index contributed by atoms with van der Waals surface area (Å²) in [7, 11) is -3.65. The van der Waals surface area contributed by atoms with Crippen LogP contribution in [-0.4, -0.2) is 55.1 Å². The molecule has 0 N–H and O–H groups in total. The summed E-state index contributed by atoms with van der Waals surface area (Å²) in [5.74, 6) is 2.14. The van der Waals surface area contributed by atoms with E-state index in [-0.39, 0.29) is 17.5 Å². The van der Waals surface area contributed by atoms with E-state index in [1.165, 1.54) is 10.4 Å². The Morgan fingerprint density at radius 1 is 1.11 bits per heavy atom. The molecule has 28 heavy (non-hydrogen) atoms. The van der Waals surface area contributed by atoms with Crippen molar-refractivity contribution in [3.8, 4) is 17.4 Å². The highest BCUT2D eigenvalue weighted by molar-refractivity contribution is 7.89. The van der Waals surface area contributed by atoms with E-state index in [1.807, 2.05) is 6.92 Å². The van der Waals surface area contributed by atoms with Gasteiger partial charge < -0.3 is 14.2 Å². The lowest BCUT2D eigenvalue weighted by Gasteiger charge is -2.32. The number of nitrogens with zero attached hydrogens (tertiary/aromatic N) is 3. The van der Waals surface area contributed by atoms with E-state index in [1.54, 1.807) is 25.1 Å². The molecule has 0 spiro atoms. The number of aromatic nitrogens is 2. The van der Waals surface area contributed by atoms with Crippen molar-refractivity contribution >= 4 is 10.0 Å². The van der Waals surface area contributed by atoms with Gasteiger partial charge in [0.1, 0.15) is 25.1 Å². The molecule has 1 aromatic carbocycles. The second kappa shape index (κ2) is 7.56. The quantitative estimate of drug-likeness (QED) is 0.769. The summed E-state index contributed by atoms with van der Waals surface area (Å²) in [6, 6.07) is 6.50. The Kier molecular flexibility index (Phi) is 5.11. The average molecular weight is 405 g/mol. The maximum Gasteiger partial charge on any atom is 0.243 e. The Labute approximate surface area is 164 Å². The first-order valence-electron chi connectivity index (χ1n) is 9.30. The Hall–Kier alpha value is -2.39. The molecule has 1 fully saturated rings. The summed E-state index contributed by atoms with van der Waals surface area (Å²) >= 11 is 0.